The Kier molecular flexibility index (Phi) is 7.33. The van der Waals surface area contributed by atoms with Crippen LogP contribution >= 0.6 is 0 Å². The van der Waals surface area contributed by atoms with E-state index >= 15 is 0 Å². The fraction of sp³-hybridized carbons (Fsp3) is 0.286. The van der Waals surface area contributed by atoms with Crippen LogP contribution in [0.4, 0.5) is 29.3 Å². The van der Waals surface area contributed by atoms with Crippen LogP contribution in [0.2, 0.25) is 0 Å². The number of hydrogen-bond donors (Lipinski definition) is 0. The number of hydrogen-bond acceptors (Lipinski definition) is 6. The molecule has 12 heteroatoms. The molecular weight excluding hydrogens is 527 g/mol. The summed E-state index contributed by atoms with van der Waals surface area (Å²) in [5.41, 5.74) is 2.08. The van der Waals surface area contributed by atoms with Crippen molar-refractivity contribution in [2.24, 2.45) is 0 Å². The molecule has 0 N–H and O–H groups in total. The van der Waals surface area contributed by atoms with Crippen LogP contribution in [0, 0.1) is 0 Å². The molecule has 40 heavy (non-hydrogen) atoms. The number of benzene rings is 2. The van der Waals surface area contributed by atoms with Crippen LogP contribution in [-0.4, -0.2) is 71.2 Å². The van der Waals surface area contributed by atoms with Crippen LogP contribution in [-0.2, 0) is 11.3 Å². The number of aromatic nitrogens is 1. The van der Waals surface area contributed by atoms with Gasteiger partial charge in [0.25, 0.3) is 11.8 Å². The number of halogens is 3. The predicted molar refractivity (Wildman–Crippen MR) is 140 cm³/mol. The number of anilines is 2. The molecule has 2 fully saturated rings. The van der Waals surface area contributed by atoms with Crippen molar-refractivity contribution in [3.8, 4) is 5.75 Å². The van der Waals surface area contributed by atoms with E-state index in [9.17, 15) is 27.6 Å². The molecular formula is C28H26F3N5O4. The average Bonchev–Trinajstić information content (AvgIpc) is 3.16. The van der Waals surface area contributed by atoms with Crippen molar-refractivity contribution < 1.29 is 32.3 Å². The molecule has 3 aromatic rings. The molecule has 3 heterocycles. The minimum absolute atomic E-state index is 0.0227. The zero-order valence-corrected chi connectivity index (χ0v) is 21.5. The lowest BCUT2D eigenvalue weighted by molar-refractivity contribution is -0.274. The van der Waals surface area contributed by atoms with Crippen LogP contribution < -0.4 is 14.5 Å². The fourth-order valence-corrected chi connectivity index (χ4v) is 4.86. The van der Waals surface area contributed by atoms with Gasteiger partial charge in [0, 0.05) is 50.8 Å². The number of piperazine rings is 1. The van der Waals surface area contributed by atoms with Gasteiger partial charge in [-0.15, -0.1) is 13.2 Å². The first-order valence-corrected chi connectivity index (χ1v) is 12.6. The van der Waals surface area contributed by atoms with E-state index in [-0.39, 0.29) is 18.1 Å². The maximum atomic E-state index is 13.5. The number of carbonyl (C=O) groups is 3. The lowest BCUT2D eigenvalue weighted by Gasteiger charge is -2.36. The van der Waals surface area contributed by atoms with Gasteiger partial charge in [0.1, 0.15) is 11.8 Å². The summed E-state index contributed by atoms with van der Waals surface area (Å²) in [6, 6.07) is 14.6. The van der Waals surface area contributed by atoms with Crippen LogP contribution in [0.1, 0.15) is 22.8 Å². The highest BCUT2D eigenvalue weighted by Crippen LogP contribution is 2.30. The number of nitrogens with zero attached hydrogens (tertiary/aromatic N) is 5. The minimum Gasteiger partial charge on any atom is -0.406 e. The molecule has 4 amide bonds. The number of rotatable bonds is 6. The number of imide groups is 1. The molecule has 1 unspecified atom stereocenters. The average molecular weight is 554 g/mol. The lowest BCUT2D eigenvalue weighted by atomic mass is 10.1. The predicted octanol–water partition coefficient (Wildman–Crippen LogP) is 4.30. The van der Waals surface area contributed by atoms with Gasteiger partial charge in [-0.1, -0.05) is 18.2 Å². The van der Waals surface area contributed by atoms with Crippen LogP contribution in [0.5, 0.6) is 5.75 Å². The largest absolute Gasteiger partial charge is 0.573 e. The van der Waals surface area contributed by atoms with Crippen LogP contribution in [0.25, 0.3) is 0 Å². The van der Waals surface area contributed by atoms with Crippen molar-refractivity contribution in [3.63, 3.8) is 0 Å². The van der Waals surface area contributed by atoms with E-state index in [1.54, 1.807) is 17.9 Å². The Hall–Kier alpha value is -4.61. The molecule has 2 aliphatic rings. The molecule has 0 radical (unpaired) electrons. The number of ether oxygens (including phenoxy) is 1. The molecule has 1 aromatic heterocycles. The Balaban J connectivity index is 1.29. The van der Waals surface area contributed by atoms with Gasteiger partial charge in [-0.3, -0.25) is 14.6 Å². The highest BCUT2D eigenvalue weighted by Gasteiger charge is 2.44. The van der Waals surface area contributed by atoms with Gasteiger partial charge in [0.05, 0.1) is 11.3 Å². The second-order valence-corrected chi connectivity index (χ2v) is 9.45. The Morgan fingerprint density at radius 1 is 0.950 bits per heavy atom. The van der Waals surface area contributed by atoms with Gasteiger partial charge in [0.15, 0.2) is 0 Å². The third-order valence-corrected chi connectivity index (χ3v) is 6.98. The van der Waals surface area contributed by atoms with Gasteiger partial charge >= 0.3 is 12.4 Å². The van der Waals surface area contributed by atoms with Gasteiger partial charge in [-0.25, -0.2) is 9.69 Å². The molecule has 208 valence electrons. The molecule has 0 saturated carbocycles. The molecule has 5 rings (SSSR count). The molecule has 9 nitrogen and oxygen atoms in total. The number of amides is 4. The van der Waals surface area contributed by atoms with E-state index in [0.717, 1.165) is 22.7 Å². The van der Waals surface area contributed by atoms with Gasteiger partial charge in [0.2, 0.25) is 0 Å². The van der Waals surface area contributed by atoms with Gasteiger partial charge in [-0.2, -0.15) is 0 Å². The van der Waals surface area contributed by atoms with Crippen LogP contribution in [0.15, 0.2) is 73.1 Å². The SMILES string of the molecule is CC1C(=O)N(c2ccc(OC(F)(F)F)cc2)C(=O)N1Cc1ccncc1C(=O)N1CCN(c2ccccc2)CC1. The minimum atomic E-state index is -4.86. The number of alkyl halides is 3. The molecule has 2 aliphatic heterocycles. The van der Waals surface area contributed by atoms with E-state index in [0.29, 0.717) is 37.3 Å². The van der Waals surface area contributed by atoms with Crippen molar-refractivity contribution in [1.29, 1.82) is 0 Å². The smallest absolute Gasteiger partial charge is 0.406 e. The van der Waals surface area contributed by atoms with Crippen molar-refractivity contribution in [2.75, 3.05) is 36.0 Å². The Morgan fingerprint density at radius 2 is 1.62 bits per heavy atom. The summed E-state index contributed by atoms with van der Waals surface area (Å²) in [6.45, 7) is 3.91. The summed E-state index contributed by atoms with van der Waals surface area (Å²) in [5.74, 6) is -1.21. The summed E-state index contributed by atoms with van der Waals surface area (Å²) < 4.78 is 41.3. The molecule has 0 bridgehead atoms. The van der Waals surface area contributed by atoms with E-state index in [2.05, 4.69) is 14.6 Å². The number of urea groups is 1. The van der Waals surface area contributed by atoms with Crippen molar-refractivity contribution in [3.05, 3.63) is 84.2 Å². The molecule has 2 aromatic carbocycles. The fourth-order valence-electron chi connectivity index (χ4n) is 4.86. The first-order chi connectivity index (χ1) is 19.1. The van der Waals surface area contributed by atoms with E-state index in [1.165, 1.54) is 29.4 Å². The maximum absolute atomic E-state index is 13.5. The summed E-state index contributed by atoms with van der Waals surface area (Å²) in [6.07, 6.45) is -1.88. The number of para-hydroxylation sites is 1. The number of carbonyl (C=O) groups excluding carboxylic acids is 3. The zero-order valence-electron chi connectivity index (χ0n) is 21.5. The Labute approximate surface area is 228 Å². The maximum Gasteiger partial charge on any atom is 0.573 e. The molecule has 0 aliphatic carbocycles. The summed E-state index contributed by atoms with van der Waals surface area (Å²) in [4.78, 5) is 50.1. The summed E-state index contributed by atoms with van der Waals surface area (Å²) in [7, 11) is 0. The van der Waals surface area contributed by atoms with Crippen molar-refractivity contribution >= 4 is 29.2 Å². The third-order valence-electron chi connectivity index (χ3n) is 6.98. The highest BCUT2D eigenvalue weighted by molar-refractivity contribution is 6.21. The molecule has 0 spiro atoms. The summed E-state index contributed by atoms with van der Waals surface area (Å²) in [5, 5.41) is 0. The highest BCUT2D eigenvalue weighted by atomic mass is 19.4. The monoisotopic (exact) mass is 553 g/mol. The van der Waals surface area contributed by atoms with Crippen molar-refractivity contribution in [2.45, 2.75) is 25.9 Å². The van der Waals surface area contributed by atoms with Gasteiger partial charge in [-0.05, 0) is 55.0 Å². The quantitative estimate of drug-likeness (QED) is 0.423. The topological polar surface area (TPSA) is 86.3 Å². The zero-order chi connectivity index (χ0) is 28.4. The lowest BCUT2D eigenvalue weighted by Crippen LogP contribution is -2.49. The van der Waals surface area contributed by atoms with E-state index < -0.39 is 30.1 Å². The van der Waals surface area contributed by atoms with E-state index in [1.807, 2.05) is 30.3 Å². The standard InChI is InChI=1S/C28H26F3N5O4/c1-19-25(37)36(22-7-9-23(10-8-22)40-28(29,30)31)27(39)35(19)18-20-11-12-32-17-24(20)26(38)34-15-13-33(14-16-34)21-5-3-2-4-6-21/h2-12,17,19H,13-16,18H2,1H3. The Morgan fingerprint density at radius 3 is 2.27 bits per heavy atom. The van der Waals surface area contributed by atoms with E-state index in [4.69, 9.17) is 0 Å². The molecule has 2 saturated heterocycles. The second kappa shape index (κ2) is 10.9. The Bertz CT molecular complexity index is 1390. The first-order valence-electron chi connectivity index (χ1n) is 12.6. The van der Waals surface area contributed by atoms with Gasteiger partial charge < -0.3 is 19.4 Å². The third kappa shape index (κ3) is 5.56. The first kappa shape index (κ1) is 27.0. The second-order valence-electron chi connectivity index (χ2n) is 9.45. The normalized spacial score (nSPS) is 17.9. The van der Waals surface area contributed by atoms with Crippen molar-refractivity contribution in [1.82, 2.24) is 14.8 Å². The van der Waals surface area contributed by atoms with Crippen LogP contribution in [0.3, 0.4) is 0 Å². The summed E-state index contributed by atoms with van der Waals surface area (Å²) >= 11 is 0. The molecule has 1 atom stereocenters. The number of pyridine rings is 1.